The van der Waals surface area contributed by atoms with Crippen LogP contribution in [-0.4, -0.2) is 15.1 Å². The summed E-state index contributed by atoms with van der Waals surface area (Å²) in [5, 5.41) is 15.7. The minimum Gasteiger partial charge on any atom is -0.382 e. The molecule has 0 aliphatic carbocycles. The highest BCUT2D eigenvalue weighted by atomic mass is 32.1. The van der Waals surface area contributed by atoms with Crippen LogP contribution in [-0.2, 0) is 5.41 Å². The van der Waals surface area contributed by atoms with E-state index in [0.717, 1.165) is 21.3 Å². The Morgan fingerprint density at radius 1 is 1.19 bits per heavy atom. The molecule has 1 atom stereocenters. The van der Waals surface area contributed by atoms with E-state index >= 15 is 0 Å². The van der Waals surface area contributed by atoms with Crippen LogP contribution in [0.3, 0.4) is 0 Å². The summed E-state index contributed by atoms with van der Waals surface area (Å²) in [7, 11) is 0. The van der Waals surface area contributed by atoms with Crippen molar-refractivity contribution in [2.24, 2.45) is 0 Å². The topological polar surface area (TPSA) is 46.0 Å². The fourth-order valence-corrected chi connectivity index (χ4v) is 3.23. The third-order valence-corrected chi connectivity index (χ3v) is 4.74. The molecule has 0 radical (unpaired) electrons. The van der Waals surface area contributed by atoms with Crippen molar-refractivity contribution in [2.75, 3.05) is 0 Å². The molecule has 4 heteroatoms. The largest absolute Gasteiger partial charge is 0.382 e. The Hall–Kier alpha value is -1.78. The van der Waals surface area contributed by atoms with E-state index in [4.69, 9.17) is 0 Å². The van der Waals surface area contributed by atoms with Crippen LogP contribution in [0.2, 0.25) is 0 Å². The summed E-state index contributed by atoms with van der Waals surface area (Å²) in [6.07, 6.45) is 2.86. The maximum Gasteiger partial charge on any atom is 0.122 e. The molecule has 0 fully saturated rings. The highest BCUT2D eigenvalue weighted by Gasteiger charge is 2.22. The van der Waals surface area contributed by atoms with E-state index in [1.807, 2.05) is 35.8 Å². The number of aliphatic hydroxyl groups is 1. The Morgan fingerprint density at radius 3 is 2.71 bits per heavy atom. The molecule has 0 saturated carbocycles. The normalized spacial score (nSPS) is 13.5. The predicted octanol–water partition coefficient (Wildman–Crippen LogP) is 4.07. The highest BCUT2D eigenvalue weighted by molar-refractivity contribution is 7.09. The smallest absolute Gasteiger partial charge is 0.122 e. The van der Waals surface area contributed by atoms with E-state index in [2.05, 4.69) is 30.7 Å². The number of thiazole rings is 1. The lowest BCUT2D eigenvalue weighted by atomic mass is 9.97. The van der Waals surface area contributed by atoms with Crippen LogP contribution in [0, 0.1) is 0 Å². The van der Waals surface area contributed by atoms with Crippen molar-refractivity contribution in [2.45, 2.75) is 32.3 Å². The first-order chi connectivity index (χ1) is 9.97. The quantitative estimate of drug-likeness (QED) is 0.775. The van der Waals surface area contributed by atoms with Gasteiger partial charge in [0.1, 0.15) is 6.10 Å². The summed E-state index contributed by atoms with van der Waals surface area (Å²) in [5.74, 6) is 0. The third-order valence-electron chi connectivity index (χ3n) is 3.45. The molecule has 108 valence electrons. The fourth-order valence-electron chi connectivity index (χ4n) is 2.30. The van der Waals surface area contributed by atoms with Crippen molar-refractivity contribution in [3.63, 3.8) is 0 Å². The van der Waals surface area contributed by atoms with E-state index in [9.17, 15) is 5.11 Å². The van der Waals surface area contributed by atoms with E-state index in [1.165, 1.54) is 0 Å². The molecule has 1 N–H and O–H groups in total. The summed E-state index contributed by atoms with van der Waals surface area (Å²) in [6, 6.07) is 7.83. The van der Waals surface area contributed by atoms with Gasteiger partial charge in [0, 0.05) is 28.6 Å². The molecule has 0 aliphatic rings. The summed E-state index contributed by atoms with van der Waals surface area (Å²) in [5.41, 5.74) is 1.60. The monoisotopic (exact) mass is 298 g/mol. The number of benzene rings is 1. The average Bonchev–Trinajstić information content (AvgIpc) is 2.96. The number of fused-ring (bicyclic) bond motifs is 1. The van der Waals surface area contributed by atoms with Crippen molar-refractivity contribution in [1.29, 1.82) is 0 Å². The summed E-state index contributed by atoms with van der Waals surface area (Å²) >= 11 is 1.60. The van der Waals surface area contributed by atoms with E-state index in [0.29, 0.717) is 5.69 Å². The van der Waals surface area contributed by atoms with Crippen LogP contribution in [0.5, 0.6) is 0 Å². The second-order valence-corrected chi connectivity index (χ2v) is 7.03. The molecule has 21 heavy (non-hydrogen) atoms. The molecule has 3 nitrogen and oxygen atoms in total. The second-order valence-electron chi connectivity index (χ2n) is 6.17. The second kappa shape index (κ2) is 5.20. The molecule has 0 bridgehead atoms. The molecule has 0 amide bonds. The first kappa shape index (κ1) is 14.2. The van der Waals surface area contributed by atoms with E-state index in [1.54, 1.807) is 17.5 Å². The van der Waals surface area contributed by atoms with Gasteiger partial charge in [-0.3, -0.25) is 4.98 Å². The van der Waals surface area contributed by atoms with Gasteiger partial charge in [0.2, 0.25) is 0 Å². The van der Waals surface area contributed by atoms with E-state index < -0.39 is 6.10 Å². The number of aliphatic hydroxyl groups excluding tert-OH is 1. The van der Waals surface area contributed by atoms with Crippen molar-refractivity contribution in [3.8, 4) is 0 Å². The maximum atomic E-state index is 10.7. The van der Waals surface area contributed by atoms with E-state index in [-0.39, 0.29) is 5.41 Å². The molecule has 3 aromatic rings. The predicted molar refractivity (Wildman–Crippen MR) is 86.6 cm³/mol. The molecular formula is C17H18N2OS. The molecule has 0 spiro atoms. The minimum absolute atomic E-state index is 0.00527. The lowest BCUT2D eigenvalue weighted by Gasteiger charge is -2.15. The zero-order valence-electron chi connectivity index (χ0n) is 12.4. The molecule has 1 unspecified atom stereocenters. The molecule has 0 saturated heterocycles. The van der Waals surface area contributed by atoms with Crippen molar-refractivity contribution < 1.29 is 5.11 Å². The minimum atomic E-state index is -0.705. The van der Waals surface area contributed by atoms with Crippen LogP contribution < -0.4 is 0 Å². The van der Waals surface area contributed by atoms with Gasteiger partial charge in [-0.1, -0.05) is 39.0 Å². The highest BCUT2D eigenvalue weighted by Crippen LogP contribution is 2.32. The molecule has 2 aromatic heterocycles. The average molecular weight is 298 g/mol. The van der Waals surface area contributed by atoms with Gasteiger partial charge in [-0.05, 0) is 17.0 Å². The first-order valence-electron chi connectivity index (χ1n) is 6.93. The van der Waals surface area contributed by atoms with Crippen LogP contribution >= 0.6 is 11.3 Å². The lowest BCUT2D eigenvalue weighted by Crippen LogP contribution is -2.11. The molecular weight excluding hydrogens is 280 g/mol. The summed E-state index contributed by atoms with van der Waals surface area (Å²) in [4.78, 5) is 8.74. The Bertz CT molecular complexity index is 768. The number of rotatable bonds is 2. The standard InChI is InChI=1S/C17H18N2OS/c1-17(2,3)16-19-14(10-21-16)15(20)13-6-4-5-11-9-18-8-7-12(11)13/h4-10,15,20H,1-3H3. The van der Waals surface area contributed by atoms with Crippen LogP contribution in [0.1, 0.15) is 43.1 Å². The molecule has 3 rings (SSSR count). The number of hydrogen-bond donors (Lipinski definition) is 1. The van der Waals surface area contributed by atoms with Gasteiger partial charge < -0.3 is 5.11 Å². The first-order valence-corrected chi connectivity index (χ1v) is 7.81. The van der Waals surface area contributed by atoms with Crippen molar-refractivity contribution >= 4 is 22.1 Å². The molecule has 0 aliphatic heterocycles. The number of nitrogens with zero attached hydrogens (tertiary/aromatic N) is 2. The van der Waals surface area contributed by atoms with Gasteiger partial charge in [0.15, 0.2) is 0 Å². The van der Waals surface area contributed by atoms with Gasteiger partial charge in [-0.2, -0.15) is 0 Å². The maximum absolute atomic E-state index is 10.7. The fraction of sp³-hybridized carbons (Fsp3) is 0.294. The molecule has 1 aromatic carbocycles. The van der Waals surface area contributed by atoms with Gasteiger partial charge in [0.05, 0.1) is 10.7 Å². The molecule has 2 heterocycles. The number of aromatic nitrogens is 2. The van der Waals surface area contributed by atoms with Gasteiger partial charge in [-0.15, -0.1) is 11.3 Å². The number of pyridine rings is 1. The van der Waals surface area contributed by atoms with Crippen LogP contribution in [0.15, 0.2) is 42.0 Å². The summed E-state index contributed by atoms with van der Waals surface area (Å²) in [6.45, 7) is 6.39. The van der Waals surface area contributed by atoms with Gasteiger partial charge >= 0.3 is 0 Å². The zero-order chi connectivity index (χ0) is 15.0. The SMILES string of the molecule is CC(C)(C)c1nc(C(O)c2cccc3cnccc23)cs1. The number of hydrogen-bond acceptors (Lipinski definition) is 4. The lowest BCUT2D eigenvalue weighted by molar-refractivity contribution is 0.217. The van der Waals surface area contributed by atoms with Crippen molar-refractivity contribution in [3.05, 3.63) is 58.3 Å². The van der Waals surface area contributed by atoms with Gasteiger partial charge in [-0.25, -0.2) is 4.98 Å². The Labute approximate surface area is 128 Å². The Kier molecular flexibility index (Phi) is 3.51. The van der Waals surface area contributed by atoms with Crippen molar-refractivity contribution in [1.82, 2.24) is 9.97 Å². The Morgan fingerprint density at radius 2 is 2.00 bits per heavy atom. The van der Waals surface area contributed by atoms with Gasteiger partial charge in [0.25, 0.3) is 0 Å². The van der Waals surface area contributed by atoms with Crippen LogP contribution in [0.4, 0.5) is 0 Å². The summed E-state index contributed by atoms with van der Waals surface area (Å²) < 4.78 is 0. The Balaban J connectivity index is 2.05. The zero-order valence-corrected chi connectivity index (χ0v) is 13.2. The third kappa shape index (κ3) is 2.69. The van der Waals surface area contributed by atoms with Crippen LogP contribution in [0.25, 0.3) is 10.8 Å².